The highest BCUT2D eigenvalue weighted by molar-refractivity contribution is 6.80. The maximum Gasteiger partial charge on any atom is 0.109 e. The summed E-state index contributed by atoms with van der Waals surface area (Å²) in [6, 6.07) is 0. The van der Waals surface area contributed by atoms with Crippen molar-refractivity contribution in [1.29, 1.82) is 0 Å². The first-order valence-corrected chi connectivity index (χ1v) is 3.69. The van der Waals surface area contributed by atoms with Gasteiger partial charge in [-0.1, -0.05) is 0 Å². The smallest absolute Gasteiger partial charge is 0.109 e. The molecule has 0 aromatic rings. The third-order valence-electron chi connectivity index (χ3n) is 0. The van der Waals surface area contributed by atoms with Crippen LogP contribution in [0, 0.1) is 0 Å². The van der Waals surface area contributed by atoms with E-state index in [1.54, 1.807) is 0 Å². The molecule has 0 N–H and O–H groups in total. The average molecular weight is 96.6 g/mol. The Hall–Kier alpha value is 0.177. The normalized spacial score (nSPS) is 3.25. The van der Waals surface area contributed by atoms with Crippen LogP contribution < -0.4 is 0 Å². The van der Waals surface area contributed by atoms with Crippen molar-refractivity contribution in [3.05, 3.63) is 0 Å². The van der Waals surface area contributed by atoms with Gasteiger partial charge in [-0.15, -0.1) is 0 Å². The molecule has 4 heavy (non-hydrogen) atoms. The Morgan fingerprint density at radius 3 is 1.50 bits per heavy atom. The van der Waals surface area contributed by atoms with E-state index >= 15 is 0 Å². The average Bonchev–Trinajstić information content (AvgIpc) is 1.50. The van der Waals surface area contributed by atoms with Crippen molar-refractivity contribution in [2.75, 3.05) is 0 Å². The van der Waals surface area contributed by atoms with Gasteiger partial charge < -0.3 is 4.79 Å². The number of halogens is 1. The lowest BCUT2D eigenvalue weighted by Crippen LogP contribution is -0.980. The molecule has 0 atom stereocenters. The summed E-state index contributed by atoms with van der Waals surface area (Å²) in [4.78, 5) is 8.00. The predicted molar refractivity (Wildman–Crippen MR) is 22.9 cm³/mol. The van der Waals surface area contributed by atoms with Crippen LogP contribution >= 0.6 is 11.1 Å². The molecule has 0 amide bonds. The fourth-order valence-corrected chi connectivity index (χ4v) is 0. The minimum absolute atomic E-state index is 0.778. The van der Waals surface area contributed by atoms with E-state index in [2.05, 4.69) is 0 Å². The highest BCUT2D eigenvalue weighted by atomic mass is 35.6. The standard InChI is InChI=1S/CH2O.ClH3Si/c2*1-2/h1H2;2H3. The zero-order valence-corrected chi connectivity index (χ0v) is 5.25. The molecule has 26 valence electrons. The minimum Gasteiger partial charge on any atom is -0.307 e. The van der Waals surface area contributed by atoms with Crippen LogP contribution in [0.2, 0.25) is 0 Å². The van der Waals surface area contributed by atoms with Gasteiger partial charge in [-0.2, -0.15) is 11.1 Å². The predicted octanol–water partition coefficient (Wildman–Crippen LogP) is -0.679. The molecule has 0 unspecified atom stereocenters. The topological polar surface area (TPSA) is 17.1 Å². The summed E-state index contributed by atoms with van der Waals surface area (Å²) in [6.45, 7) is 2.00. The van der Waals surface area contributed by atoms with Crippen LogP contribution in [0.15, 0.2) is 0 Å². The molecule has 0 rings (SSSR count). The second-order valence-electron chi connectivity index (χ2n) is 0. The number of hydrogen-bond acceptors (Lipinski definition) is 1. The maximum atomic E-state index is 8.00. The second-order valence-corrected chi connectivity index (χ2v) is 0. The fourth-order valence-electron chi connectivity index (χ4n) is 0. The summed E-state index contributed by atoms with van der Waals surface area (Å²) in [5, 5.41) is 0. The third kappa shape index (κ3) is 96.4. The Kier molecular flexibility index (Phi) is 1070. The second kappa shape index (κ2) is 481. The van der Waals surface area contributed by atoms with Gasteiger partial charge in [0, 0.05) is 0 Å². The molecule has 0 radical (unpaired) electrons. The summed E-state index contributed by atoms with van der Waals surface area (Å²) < 4.78 is 0. The Balaban J connectivity index is 0. The van der Waals surface area contributed by atoms with Gasteiger partial charge in [0.05, 0.1) is 0 Å². The van der Waals surface area contributed by atoms with Gasteiger partial charge in [-0.3, -0.25) is 0 Å². The first-order valence-electron chi connectivity index (χ1n) is 0.667. The molecule has 0 aliphatic carbocycles. The maximum absolute atomic E-state index is 8.00. The molecule has 0 spiro atoms. The van der Waals surface area contributed by atoms with Crippen LogP contribution in [-0.4, -0.2) is 16.3 Å². The quantitative estimate of drug-likeness (QED) is 0.289. The SMILES string of the molecule is C=O.[SiH3]Cl. The largest absolute Gasteiger partial charge is 0.307 e. The number of rotatable bonds is 0. The summed E-state index contributed by atoms with van der Waals surface area (Å²) in [7, 11) is 0.778. The Morgan fingerprint density at radius 1 is 1.50 bits per heavy atom. The van der Waals surface area contributed by atoms with E-state index in [1.165, 1.54) is 0 Å². The molecule has 3 heteroatoms. The van der Waals surface area contributed by atoms with Crippen molar-refractivity contribution in [3.63, 3.8) is 0 Å². The monoisotopic (exact) mass is 96.0 g/mol. The summed E-state index contributed by atoms with van der Waals surface area (Å²) in [5.74, 6) is 0. The van der Waals surface area contributed by atoms with Gasteiger partial charge in [-0.25, -0.2) is 0 Å². The van der Waals surface area contributed by atoms with Crippen LogP contribution in [-0.2, 0) is 4.79 Å². The lowest BCUT2D eigenvalue weighted by molar-refractivity contribution is -0.0979. The van der Waals surface area contributed by atoms with Crippen molar-refractivity contribution < 1.29 is 4.79 Å². The first-order chi connectivity index (χ1) is 2.00. The van der Waals surface area contributed by atoms with Crippen molar-refractivity contribution in [3.8, 4) is 0 Å². The van der Waals surface area contributed by atoms with Crippen LogP contribution in [0.4, 0.5) is 0 Å². The molecule has 1 nitrogen and oxygen atoms in total. The van der Waals surface area contributed by atoms with E-state index in [0.717, 1.165) is 9.55 Å². The minimum atomic E-state index is 0.778. The Morgan fingerprint density at radius 2 is 1.50 bits per heavy atom. The van der Waals surface area contributed by atoms with E-state index in [1.807, 2.05) is 6.79 Å². The van der Waals surface area contributed by atoms with Crippen LogP contribution in [0.3, 0.4) is 0 Å². The van der Waals surface area contributed by atoms with Crippen molar-refractivity contribution in [1.82, 2.24) is 0 Å². The third-order valence-corrected chi connectivity index (χ3v) is 0. The highest BCUT2D eigenvalue weighted by Gasteiger charge is 0.975. The fraction of sp³-hybridized carbons (Fsp3) is 0. The molecule has 0 fully saturated rings. The molecule has 0 saturated carbocycles. The number of carbonyl (C=O) groups excluding carboxylic acids is 1. The molecule has 0 aromatic carbocycles. The van der Waals surface area contributed by atoms with Crippen molar-refractivity contribution >= 4 is 27.4 Å². The lowest BCUT2D eigenvalue weighted by Gasteiger charge is -1.05. The molecule has 0 aliphatic rings. The highest BCUT2D eigenvalue weighted by Crippen LogP contribution is 1.29. The molecule has 0 heterocycles. The molecular formula is CH5ClOSi. The van der Waals surface area contributed by atoms with E-state index in [9.17, 15) is 0 Å². The van der Waals surface area contributed by atoms with Crippen molar-refractivity contribution in [2.45, 2.75) is 0 Å². The number of carbonyl (C=O) groups is 1. The van der Waals surface area contributed by atoms with E-state index < -0.39 is 0 Å². The molecule has 0 saturated heterocycles. The molecule has 0 aliphatic heterocycles. The zero-order valence-electron chi connectivity index (χ0n) is 2.49. The summed E-state index contributed by atoms with van der Waals surface area (Å²) >= 11 is 4.78. The van der Waals surface area contributed by atoms with E-state index in [-0.39, 0.29) is 0 Å². The van der Waals surface area contributed by atoms with Crippen LogP contribution in [0.1, 0.15) is 0 Å². The van der Waals surface area contributed by atoms with Gasteiger partial charge in [0.1, 0.15) is 16.3 Å². The summed E-state index contributed by atoms with van der Waals surface area (Å²) in [5.41, 5.74) is 0. The Bertz CT molecular complexity index is 8.00. The van der Waals surface area contributed by atoms with Crippen LogP contribution in [0.5, 0.6) is 0 Å². The number of hydrogen-bond donors (Lipinski definition) is 0. The Labute approximate surface area is 33.1 Å². The van der Waals surface area contributed by atoms with Crippen LogP contribution in [0.25, 0.3) is 0 Å². The van der Waals surface area contributed by atoms with Crippen molar-refractivity contribution in [2.24, 2.45) is 0 Å². The van der Waals surface area contributed by atoms with E-state index in [4.69, 9.17) is 15.9 Å². The van der Waals surface area contributed by atoms with Gasteiger partial charge >= 0.3 is 0 Å². The molecule has 0 aromatic heterocycles. The van der Waals surface area contributed by atoms with E-state index in [0.29, 0.717) is 0 Å². The van der Waals surface area contributed by atoms with Gasteiger partial charge in [0.25, 0.3) is 0 Å². The lowest BCUT2D eigenvalue weighted by atomic mass is 11.9. The summed E-state index contributed by atoms with van der Waals surface area (Å²) in [6.07, 6.45) is 0. The molecular weight excluding hydrogens is 91.5 g/mol. The van der Waals surface area contributed by atoms with Gasteiger partial charge in [0.2, 0.25) is 0 Å². The van der Waals surface area contributed by atoms with Gasteiger partial charge in [-0.05, 0) is 0 Å². The van der Waals surface area contributed by atoms with Gasteiger partial charge in [0.15, 0.2) is 0 Å². The zero-order chi connectivity index (χ0) is 4.00. The first kappa shape index (κ1) is 8.90. The molecule has 0 bridgehead atoms.